The van der Waals surface area contributed by atoms with E-state index < -0.39 is 0 Å². The van der Waals surface area contributed by atoms with Gasteiger partial charge in [0.05, 0.1) is 11.9 Å². The summed E-state index contributed by atoms with van der Waals surface area (Å²) in [6.45, 7) is 4.47. The first-order valence-electron chi connectivity index (χ1n) is 8.47. The normalized spacial score (nSPS) is 10.8. The molecule has 0 aliphatic carbocycles. The number of pyridine rings is 1. The van der Waals surface area contributed by atoms with Crippen molar-refractivity contribution in [1.29, 1.82) is 0 Å². The first-order chi connectivity index (χ1) is 12.0. The fraction of sp³-hybridized carbons (Fsp3) is 0.238. The molecule has 4 nitrogen and oxygen atoms in total. The molecule has 25 heavy (non-hydrogen) atoms. The van der Waals surface area contributed by atoms with Gasteiger partial charge in [0.15, 0.2) is 0 Å². The quantitative estimate of drug-likeness (QED) is 0.753. The van der Waals surface area contributed by atoms with Gasteiger partial charge in [-0.2, -0.15) is 0 Å². The Hall–Kier alpha value is -2.88. The highest BCUT2D eigenvalue weighted by atomic mass is 16.1. The average Bonchev–Trinajstić information content (AvgIpc) is 2.60. The largest absolute Gasteiger partial charge is 0.355 e. The number of H-pyrrole nitrogens is 1. The van der Waals surface area contributed by atoms with E-state index in [1.165, 1.54) is 0 Å². The summed E-state index contributed by atoms with van der Waals surface area (Å²) >= 11 is 0. The standard InChI is InChI=1S/C21H22N2O2/c1-14-8-9-15(2)20-18(14)13-17(21(25)23-20)10-11-22-19(24)12-16-6-4-3-5-7-16/h3-9,13H,10-12H2,1-2H3,(H,22,24)(H,23,25). The van der Waals surface area contributed by atoms with E-state index >= 15 is 0 Å². The van der Waals surface area contributed by atoms with Gasteiger partial charge in [0.25, 0.3) is 5.56 Å². The highest BCUT2D eigenvalue weighted by Gasteiger charge is 2.08. The Morgan fingerprint density at radius 1 is 1.04 bits per heavy atom. The van der Waals surface area contributed by atoms with Crippen molar-refractivity contribution in [2.75, 3.05) is 6.54 Å². The van der Waals surface area contributed by atoms with Crippen molar-refractivity contribution in [1.82, 2.24) is 10.3 Å². The van der Waals surface area contributed by atoms with E-state index in [2.05, 4.69) is 16.4 Å². The summed E-state index contributed by atoms with van der Waals surface area (Å²) in [5, 5.41) is 3.95. The van der Waals surface area contributed by atoms with Gasteiger partial charge in [-0.25, -0.2) is 0 Å². The lowest BCUT2D eigenvalue weighted by Crippen LogP contribution is -2.28. The maximum Gasteiger partial charge on any atom is 0.251 e. The molecular weight excluding hydrogens is 312 g/mol. The highest BCUT2D eigenvalue weighted by Crippen LogP contribution is 2.19. The van der Waals surface area contributed by atoms with Crippen LogP contribution in [0.5, 0.6) is 0 Å². The van der Waals surface area contributed by atoms with Crippen molar-refractivity contribution >= 4 is 16.8 Å². The minimum absolute atomic E-state index is 0.0320. The fourth-order valence-corrected chi connectivity index (χ4v) is 2.98. The van der Waals surface area contributed by atoms with E-state index in [9.17, 15) is 9.59 Å². The Morgan fingerprint density at radius 3 is 2.52 bits per heavy atom. The summed E-state index contributed by atoms with van der Waals surface area (Å²) in [6.07, 6.45) is 0.867. The Kier molecular flexibility index (Phi) is 4.98. The summed E-state index contributed by atoms with van der Waals surface area (Å²) in [5.74, 6) is -0.0320. The first kappa shape index (κ1) is 17.0. The molecule has 0 unspecified atom stereocenters. The Morgan fingerprint density at radius 2 is 1.76 bits per heavy atom. The predicted octanol–water partition coefficient (Wildman–Crippen LogP) is 3.05. The number of aryl methyl sites for hydroxylation is 2. The van der Waals surface area contributed by atoms with Crippen molar-refractivity contribution < 1.29 is 4.79 Å². The number of carbonyl (C=O) groups is 1. The van der Waals surface area contributed by atoms with Crippen LogP contribution in [0.15, 0.2) is 53.3 Å². The lowest BCUT2D eigenvalue weighted by atomic mass is 10.0. The van der Waals surface area contributed by atoms with Crippen LogP contribution in [-0.2, 0) is 17.6 Å². The lowest BCUT2D eigenvalue weighted by molar-refractivity contribution is -0.120. The predicted molar refractivity (Wildman–Crippen MR) is 101 cm³/mol. The number of benzene rings is 2. The van der Waals surface area contributed by atoms with Crippen LogP contribution in [0.1, 0.15) is 22.3 Å². The van der Waals surface area contributed by atoms with Gasteiger partial charge in [-0.15, -0.1) is 0 Å². The summed E-state index contributed by atoms with van der Waals surface area (Å²) in [5.41, 5.74) is 4.67. The maximum atomic E-state index is 12.3. The molecule has 0 spiro atoms. The van der Waals surface area contributed by atoms with Crippen molar-refractivity contribution in [3.8, 4) is 0 Å². The number of hydrogen-bond donors (Lipinski definition) is 2. The number of amides is 1. The molecule has 2 aromatic carbocycles. The van der Waals surface area contributed by atoms with Crippen molar-refractivity contribution in [2.45, 2.75) is 26.7 Å². The van der Waals surface area contributed by atoms with Gasteiger partial charge >= 0.3 is 0 Å². The van der Waals surface area contributed by atoms with E-state index in [4.69, 9.17) is 0 Å². The van der Waals surface area contributed by atoms with E-state index in [1.807, 2.05) is 56.3 Å². The Labute approximate surface area is 146 Å². The molecule has 3 aromatic rings. The molecule has 1 amide bonds. The molecule has 3 rings (SSSR count). The average molecular weight is 334 g/mol. The summed E-state index contributed by atoms with van der Waals surface area (Å²) < 4.78 is 0. The molecule has 0 aliphatic heterocycles. The van der Waals surface area contributed by atoms with Gasteiger partial charge < -0.3 is 10.3 Å². The van der Waals surface area contributed by atoms with Gasteiger partial charge in [-0.3, -0.25) is 9.59 Å². The summed E-state index contributed by atoms with van der Waals surface area (Å²) in [6, 6.07) is 15.6. The molecule has 0 atom stereocenters. The third kappa shape index (κ3) is 3.97. The molecule has 1 aromatic heterocycles. The monoisotopic (exact) mass is 334 g/mol. The fourth-order valence-electron chi connectivity index (χ4n) is 2.98. The first-order valence-corrected chi connectivity index (χ1v) is 8.47. The molecule has 0 bridgehead atoms. The van der Waals surface area contributed by atoms with Crippen LogP contribution in [0.2, 0.25) is 0 Å². The topological polar surface area (TPSA) is 62.0 Å². The van der Waals surface area contributed by atoms with Gasteiger partial charge in [0.2, 0.25) is 5.91 Å². The molecule has 2 N–H and O–H groups in total. The number of nitrogens with one attached hydrogen (secondary N) is 2. The van der Waals surface area contributed by atoms with Crippen LogP contribution in [-0.4, -0.2) is 17.4 Å². The molecule has 0 saturated carbocycles. The molecular formula is C21H22N2O2. The van der Waals surface area contributed by atoms with Gasteiger partial charge in [0.1, 0.15) is 0 Å². The zero-order valence-electron chi connectivity index (χ0n) is 14.6. The minimum Gasteiger partial charge on any atom is -0.355 e. The smallest absolute Gasteiger partial charge is 0.251 e. The number of aromatic amines is 1. The Bertz CT molecular complexity index is 959. The molecule has 128 valence electrons. The molecule has 0 saturated heterocycles. The van der Waals surface area contributed by atoms with Crippen LogP contribution in [0, 0.1) is 13.8 Å². The van der Waals surface area contributed by atoms with E-state index in [0.717, 1.165) is 27.6 Å². The van der Waals surface area contributed by atoms with E-state index in [-0.39, 0.29) is 11.5 Å². The Balaban J connectivity index is 1.67. The SMILES string of the molecule is Cc1ccc(C)c2[nH]c(=O)c(CCNC(=O)Cc3ccccc3)cc12. The number of hydrogen-bond acceptors (Lipinski definition) is 2. The number of fused-ring (bicyclic) bond motifs is 1. The van der Waals surface area contributed by atoms with Crippen molar-refractivity contribution in [2.24, 2.45) is 0 Å². The molecule has 1 heterocycles. The van der Waals surface area contributed by atoms with Gasteiger partial charge in [-0.05, 0) is 43.0 Å². The highest BCUT2D eigenvalue weighted by molar-refractivity contribution is 5.85. The van der Waals surface area contributed by atoms with E-state index in [0.29, 0.717) is 24.9 Å². The van der Waals surface area contributed by atoms with Crippen LogP contribution >= 0.6 is 0 Å². The summed E-state index contributed by atoms with van der Waals surface area (Å²) in [7, 11) is 0. The molecule has 0 radical (unpaired) electrons. The second-order valence-electron chi connectivity index (χ2n) is 6.37. The maximum absolute atomic E-state index is 12.3. The van der Waals surface area contributed by atoms with Crippen LogP contribution in [0.25, 0.3) is 10.9 Å². The second-order valence-corrected chi connectivity index (χ2v) is 6.37. The minimum atomic E-state index is -0.0847. The number of carbonyl (C=O) groups excluding carboxylic acids is 1. The summed E-state index contributed by atoms with van der Waals surface area (Å²) in [4.78, 5) is 27.3. The third-order valence-corrected chi connectivity index (χ3v) is 4.44. The zero-order valence-corrected chi connectivity index (χ0v) is 14.6. The van der Waals surface area contributed by atoms with Crippen LogP contribution in [0.3, 0.4) is 0 Å². The van der Waals surface area contributed by atoms with Crippen molar-refractivity contribution in [3.05, 3.63) is 81.1 Å². The van der Waals surface area contributed by atoms with Gasteiger partial charge in [0, 0.05) is 17.5 Å². The number of aromatic nitrogens is 1. The van der Waals surface area contributed by atoms with Crippen LogP contribution < -0.4 is 10.9 Å². The third-order valence-electron chi connectivity index (χ3n) is 4.44. The lowest BCUT2D eigenvalue weighted by Gasteiger charge is -2.09. The van der Waals surface area contributed by atoms with Crippen LogP contribution in [0.4, 0.5) is 0 Å². The molecule has 0 fully saturated rings. The molecule has 0 aliphatic rings. The second kappa shape index (κ2) is 7.34. The number of rotatable bonds is 5. The zero-order chi connectivity index (χ0) is 17.8. The molecule has 4 heteroatoms. The van der Waals surface area contributed by atoms with Crippen molar-refractivity contribution in [3.63, 3.8) is 0 Å². The van der Waals surface area contributed by atoms with E-state index in [1.54, 1.807) is 0 Å². The van der Waals surface area contributed by atoms with Gasteiger partial charge in [-0.1, -0.05) is 42.5 Å².